The largest absolute Gasteiger partial charge is 0.296 e. The molecule has 0 radical (unpaired) electrons. The van der Waals surface area contributed by atoms with Crippen molar-refractivity contribution < 1.29 is 9.18 Å². The number of anilines is 1. The van der Waals surface area contributed by atoms with Crippen LogP contribution in [0.15, 0.2) is 58.9 Å². The third-order valence-corrected chi connectivity index (χ3v) is 5.18. The summed E-state index contributed by atoms with van der Waals surface area (Å²) in [4.78, 5) is 12.0. The first kappa shape index (κ1) is 16.6. The molecule has 0 bridgehead atoms. The van der Waals surface area contributed by atoms with Gasteiger partial charge >= 0.3 is 0 Å². The summed E-state index contributed by atoms with van der Waals surface area (Å²) >= 11 is 2.86. The summed E-state index contributed by atoms with van der Waals surface area (Å²) in [7, 11) is 0. The summed E-state index contributed by atoms with van der Waals surface area (Å²) in [5.41, 5.74) is 1.26. The number of benzene rings is 2. The zero-order valence-corrected chi connectivity index (χ0v) is 14.2. The van der Waals surface area contributed by atoms with Crippen LogP contribution in [0, 0.1) is 5.82 Å². The van der Waals surface area contributed by atoms with Crippen LogP contribution in [0.5, 0.6) is 0 Å². The van der Waals surface area contributed by atoms with Gasteiger partial charge in [-0.25, -0.2) is 4.39 Å². The molecule has 2 aromatic carbocycles. The van der Waals surface area contributed by atoms with Gasteiger partial charge in [0.1, 0.15) is 5.82 Å². The van der Waals surface area contributed by atoms with E-state index in [1.54, 1.807) is 23.9 Å². The minimum atomic E-state index is -0.558. The highest BCUT2D eigenvalue weighted by Gasteiger charge is 2.13. The highest BCUT2D eigenvalue weighted by Crippen LogP contribution is 2.26. The van der Waals surface area contributed by atoms with E-state index >= 15 is 0 Å². The van der Waals surface area contributed by atoms with Crippen molar-refractivity contribution in [2.24, 2.45) is 0 Å². The van der Waals surface area contributed by atoms with Gasteiger partial charge in [-0.2, -0.15) is 0 Å². The summed E-state index contributed by atoms with van der Waals surface area (Å²) in [6.07, 6.45) is 0.933. The molecule has 0 atom stereocenters. The van der Waals surface area contributed by atoms with E-state index in [4.69, 9.17) is 0 Å². The van der Waals surface area contributed by atoms with Crippen LogP contribution in [0.3, 0.4) is 0 Å². The van der Waals surface area contributed by atoms with Gasteiger partial charge in [-0.15, -0.1) is 10.2 Å². The Bertz CT molecular complexity index is 823. The summed E-state index contributed by atoms with van der Waals surface area (Å²) in [6.45, 7) is 0. The molecule has 0 aliphatic rings. The number of thioether (sulfide) groups is 1. The summed E-state index contributed by atoms with van der Waals surface area (Å²) in [5.74, 6) is -0.207. The molecular weight excluding hydrogens is 345 g/mol. The Morgan fingerprint density at radius 3 is 2.62 bits per heavy atom. The quantitative estimate of drug-likeness (QED) is 0.528. The molecule has 0 spiro atoms. The van der Waals surface area contributed by atoms with Gasteiger partial charge in [-0.1, -0.05) is 65.6 Å². The minimum Gasteiger partial charge on any atom is -0.296 e. The maximum Gasteiger partial charge on any atom is 0.260 e. The predicted octanol–water partition coefficient (Wildman–Crippen LogP) is 4.26. The Balaban J connectivity index is 1.54. The van der Waals surface area contributed by atoms with E-state index < -0.39 is 11.7 Å². The Hall–Kier alpha value is -2.25. The normalized spacial score (nSPS) is 10.5. The van der Waals surface area contributed by atoms with Crippen molar-refractivity contribution in [3.63, 3.8) is 0 Å². The highest BCUT2D eigenvalue weighted by molar-refractivity contribution is 8.01. The molecule has 1 heterocycles. The standard InChI is InChI=1S/C17H14FN3OS2/c18-14-9-5-4-8-13(14)15(22)19-16-20-21-17(24-16)23-11-10-12-6-2-1-3-7-12/h1-9H,10-11H2,(H,19,20,22). The molecule has 1 amide bonds. The van der Waals surface area contributed by atoms with Crippen molar-refractivity contribution in [3.05, 3.63) is 71.5 Å². The van der Waals surface area contributed by atoms with Crippen LogP contribution in [0.2, 0.25) is 0 Å². The van der Waals surface area contributed by atoms with E-state index in [0.717, 1.165) is 16.5 Å². The molecule has 1 aromatic heterocycles. The van der Waals surface area contributed by atoms with Crippen molar-refractivity contribution in [1.82, 2.24) is 10.2 Å². The molecule has 3 aromatic rings. The monoisotopic (exact) mass is 359 g/mol. The molecule has 0 saturated heterocycles. The van der Waals surface area contributed by atoms with Gasteiger partial charge < -0.3 is 0 Å². The first-order valence-electron chi connectivity index (χ1n) is 7.28. The lowest BCUT2D eigenvalue weighted by atomic mass is 10.2. The second-order valence-corrected chi connectivity index (χ2v) is 7.21. The number of rotatable bonds is 6. The molecule has 24 heavy (non-hydrogen) atoms. The second-order valence-electron chi connectivity index (χ2n) is 4.89. The van der Waals surface area contributed by atoms with E-state index in [9.17, 15) is 9.18 Å². The van der Waals surface area contributed by atoms with Crippen molar-refractivity contribution in [2.75, 3.05) is 11.1 Å². The van der Waals surface area contributed by atoms with Crippen molar-refractivity contribution >= 4 is 34.1 Å². The lowest BCUT2D eigenvalue weighted by Gasteiger charge is -2.01. The van der Waals surface area contributed by atoms with E-state index in [1.165, 1.54) is 29.0 Å². The third kappa shape index (κ3) is 4.39. The number of aromatic nitrogens is 2. The molecule has 1 N–H and O–H groups in total. The lowest BCUT2D eigenvalue weighted by Crippen LogP contribution is -2.13. The van der Waals surface area contributed by atoms with Crippen LogP contribution in [-0.4, -0.2) is 21.9 Å². The molecule has 0 unspecified atom stereocenters. The zero-order chi connectivity index (χ0) is 16.8. The van der Waals surface area contributed by atoms with E-state index in [-0.39, 0.29) is 5.56 Å². The number of amides is 1. The fraction of sp³-hybridized carbons (Fsp3) is 0.118. The summed E-state index contributed by atoms with van der Waals surface area (Å²) in [6, 6.07) is 16.0. The van der Waals surface area contributed by atoms with Gasteiger partial charge in [0.15, 0.2) is 4.34 Å². The first-order chi connectivity index (χ1) is 11.7. The predicted molar refractivity (Wildman–Crippen MR) is 95.1 cm³/mol. The number of halogens is 1. The van der Waals surface area contributed by atoms with Crippen LogP contribution in [0.1, 0.15) is 15.9 Å². The second kappa shape index (κ2) is 8.03. The number of carbonyl (C=O) groups excluding carboxylic acids is 1. The average molecular weight is 359 g/mol. The smallest absolute Gasteiger partial charge is 0.260 e. The Morgan fingerprint density at radius 1 is 1.08 bits per heavy atom. The van der Waals surface area contributed by atoms with Gasteiger partial charge in [0, 0.05) is 5.75 Å². The Kier molecular flexibility index (Phi) is 5.55. The van der Waals surface area contributed by atoms with Gasteiger partial charge in [0.2, 0.25) is 5.13 Å². The number of aryl methyl sites for hydroxylation is 1. The van der Waals surface area contributed by atoms with Gasteiger partial charge in [-0.05, 0) is 24.1 Å². The topological polar surface area (TPSA) is 54.9 Å². The van der Waals surface area contributed by atoms with Gasteiger partial charge in [0.25, 0.3) is 5.91 Å². The number of carbonyl (C=O) groups is 1. The molecule has 0 aliphatic carbocycles. The van der Waals surface area contributed by atoms with Crippen LogP contribution < -0.4 is 5.32 Å². The van der Waals surface area contributed by atoms with Crippen LogP contribution in [0.25, 0.3) is 0 Å². The summed E-state index contributed by atoms with van der Waals surface area (Å²) in [5, 5.41) is 10.9. The van der Waals surface area contributed by atoms with Crippen LogP contribution in [0.4, 0.5) is 9.52 Å². The van der Waals surface area contributed by atoms with E-state index in [0.29, 0.717) is 5.13 Å². The van der Waals surface area contributed by atoms with Crippen LogP contribution in [-0.2, 0) is 6.42 Å². The SMILES string of the molecule is O=C(Nc1nnc(SCCc2ccccc2)s1)c1ccccc1F. The first-order valence-corrected chi connectivity index (χ1v) is 9.09. The maximum absolute atomic E-state index is 13.6. The van der Waals surface area contributed by atoms with Gasteiger partial charge in [0.05, 0.1) is 5.56 Å². The third-order valence-electron chi connectivity index (χ3n) is 3.20. The molecule has 0 aliphatic heterocycles. The fourth-order valence-electron chi connectivity index (χ4n) is 2.03. The Morgan fingerprint density at radius 2 is 1.83 bits per heavy atom. The molecule has 0 fully saturated rings. The molecule has 3 rings (SSSR count). The molecular formula is C17H14FN3OS2. The van der Waals surface area contributed by atoms with E-state index in [2.05, 4.69) is 27.6 Å². The fourth-order valence-corrected chi connectivity index (χ4v) is 3.84. The van der Waals surface area contributed by atoms with Gasteiger partial charge in [-0.3, -0.25) is 10.1 Å². The number of nitrogens with zero attached hydrogens (tertiary/aromatic N) is 2. The number of nitrogens with one attached hydrogen (secondary N) is 1. The lowest BCUT2D eigenvalue weighted by molar-refractivity contribution is 0.102. The van der Waals surface area contributed by atoms with Crippen molar-refractivity contribution in [3.8, 4) is 0 Å². The van der Waals surface area contributed by atoms with Crippen LogP contribution >= 0.6 is 23.1 Å². The number of hydrogen-bond acceptors (Lipinski definition) is 5. The van der Waals surface area contributed by atoms with Crippen molar-refractivity contribution in [2.45, 2.75) is 10.8 Å². The molecule has 7 heteroatoms. The maximum atomic E-state index is 13.6. The molecule has 0 saturated carbocycles. The zero-order valence-electron chi connectivity index (χ0n) is 12.6. The Labute approximate surface area is 147 Å². The minimum absolute atomic E-state index is 0.00835. The van der Waals surface area contributed by atoms with Crippen molar-refractivity contribution in [1.29, 1.82) is 0 Å². The summed E-state index contributed by atoms with van der Waals surface area (Å²) < 4.78 is 14.4. The highest BCUT2D eigenvalue weighted by atomic mass is 32.2. The number of hydrogen-bond donors (Lipinski definition) is 1. The molecule has 122 valence electrons. The average Bonchev–Trinajstić information content (AvgIpc) is 3.03. The van der Waals surface area contributed by atoms with E-state index in [1.807, 2.05) is 18.2 Å². The molecule has 4 nitrogen and oxygen atoms in total.